The van der Waals surface area contributed by atoms with E-state index in [1.807, 2.05) is 41.3 Å². The van der Waals surface area contributed by atoms with Gasteiger partial charge in [0.15, 0.2) is 0 Å². The van der Waals surface area contributed by atoms with Gasteiger partial charge in [-0.1, -0.05) is 48.7 Å². The number of nitrogens with zero attached hydrogens (tertiary/aromatic N) is 2. The molecule has 7 nitrogen and oxygen atoms in total. The number of benzene rings is 3. The first kappa shape index (κ1) is 27.7. The monoisotopic (exact) mass is 583 g/mol. The Bertz CT molecular complexity index is 1420. The van der Waals surface area contributed by atoms with Crippen LogP contribution in [0.5, 0.6) is 0 Å². The molecule has 0 spiro atoms. The molecule has 2 amide bonds. The van der Waals surface area contributed by atoms with Crippen LogP contribution in [0.25, 0.3) is 0 Å². The van der Waals surface area contributed by atoms with Gasteiger partial charge in [-0.3, -0.25) is 9.59 Å². The summed E-state index contributed by atoms with van der Waals surface area (Å²) in [5.41, 5.74) is 2.93. The first-order valence-electron chi connectivity index (χ1n) is 13.0. The van der Waals surface area contributed by atoms with Crippen molar-refractivity contribution in [3.8, 4) is 0 Å². The number of hydrogen-bond acceptors (Lipinski definition) is 5. The van der Waals surface area contributed by atoms with Crippen molar-refractivity contribution in [3.05, 3.63) is 94.5 Å². The second kappa shape index (κ2) is 12.1. The first-order valence-corrected chi connectivity index (χ1v) is 15.8. The Kier molecular flexibility index (Phi) is 8.61. The van der Waals surface area contributed by atoms with E-state index in [4.69, 9.17) is 11.6 Å². The molecule has 1 atom stereocenters. The van der Waals surface area contributed by atoms with Crippen molar-refractivity contribution < 1.29 is 18.0 Å². The third kappa shape index (κ3) is 6.49. The van der Waals surface area contributed by atoms with Crippen molar-refractivity contribution >= 4 is 50.9 Å². The Morgan fingerprint density at radius 3 is 2.18 bits per heavy atom. The summed E-state index contributed by atoms with van der Waals surface area (Å²) in [5, 5.41) is 3.36. The Morgan fingerprint density at radius 1 is 0.897 bits per heavy atom. The molecule has 5 rings (SSSR count). The van der Waals surface area contributed by atoms with Crippen molar-refractivity contribution in [2.24, 2.45) is 0 Å². The number of thioether (sulfide) groups is 1. The lowest BCUT2D eigenvalue weighted by Crippen LogP contribution is -2.31. The number of amides is 2. The van der Waals surface area contributed by atoms with Gasteiger partial charge in [0.05, 0.1) is 10.6 Å². The van der Waals surface area contributed by atoms with E-state index in [0.717, 1.165) is 36.8 Å². The van der Waals surface area contributed by atoms with E-state index < -0.39 is 10.0 Å². The molecule has 1 N–H and O–H groups in total. The largest absolute Gasteiger partial charge is 0.322 e. The van der Waals surface area contributed by atoms with Gasteiger partial charge in [0.1, 0.15) is 5.37 Å². The predicted octanol–water partition coefficient (Wildman–Crippen LogP) is 5.93. The van der Waals surface area contributed by atoms with Crippen LogP contribution in [0.3, 0.4) is 0 Å². The average Bonchev–Trinajstić information content (AvgIpc) is 3.12. The summed E-state index contributed by atoms with van der Waals surface area (Å²) in [6, 6.07) is 21.0. The van der Waals surface area contributed by atoms with Gasteiger partial charge in [0.25, 0.3) is 5.91 Å². The second-order valence-corrected chi connectivity index (χ2v) is 13.2. The molecule has 39 heavy (non-hydrogen) atoms. The Morgan fingerprint density at radius 2 is 1.54 bits per heavy atom. The van der Waals surface area contributed by atoms with Crippen molar-refractivity contribution in [1.29, 1.82) is 0 Å². The van der Waals surface area contributed by atoms with Gasteiger partial charge in [-0.05, 0) is 72.5 Å². The van der Waals surface area contributed by atoms with E-state index in [0.29, 0.717) is 41.7 Å². The molecule has 0 radical (unpaired) electrons. The fourth-order valence-corrected chi connectivity index (χ4v) is 7.66. The summed E-state index contributed by atoms with van der Waals surface area (Å²) in [7, 11) is -3.54. The number of hydrogen-bond donors (Lipinski definition) is 1. The molecule has 204 valence electrons. The second-order valence-electron chi connectivity index (χ2n) is 9.73. The minimum absolute atomic E-state index is 0.0723. The number of nitrogens with one attached hydrogen (secondary N) is 1. The number of halogens is 1. The first-order chi connectivity index (χ1) is 18.8. The quantitative estimate of drug-likeness (QED) is 0.372. The summed E-state index contributed by atoms with van der Waals surface area (Å²) in [5.74, 6) is 0.185. The highest BCUT2D eigenvalue weighted by atomic mass is 35.5. The molecule has 2 heterocycles. The van der Waals surface area contributed by atoms with Crippen LogP contribution in [-0.4, -0.2) is 48.3 Å². The minimum atomic E-state index is -3.54. The van der Waals surface area contributed by atoms with E-state index in [1.54, 1.807) is 52.5 Å². The predicted molar refractivity (Wildman–Crippen MR) is 155 cm³/mol. The highest BCUT2D eigenvalue weighted by molar-refractivity contribution is 8.00. The van der Waals surface area contributed by atoms with E-state index in [1.165, 1.54) is 0 Å². The van der Waals surface area contributed by atoms with Gasteiger partial charge in [-0.25, -0.2) is 8.42 Å². The van der Waals surface area contributed by atoms with E-state index >= 15 is 0 Å². The van der Waals surface area contributed by atoms with Crippen LogP contribution in [0.4, 0.5) is 5.69 Å². The number of anilines is 1. The molecule has 0 aliphatic carbocycles. The SMILES string of the molecule is O=C(Nc1ccc(S(=O)(=O)N2CCCCCC2)cc1)c1ccc([C@@H]2SCC(=O)N2Cc2ccc(Cl)cc2)cc1. The van der Waals surface area contributed by atoms with E-state index in [-0.39, 0.29) is 22.1 Å². The average molecular weight is 584 g/mol. The van der Waals surface area contributed by atoms with Gasteiger partial charge in [-0.2, -0.15) is 4.31 Å². The summed E-state index contributed by atoms with van der Waals surface area (Å²) >= 11 is 7.55. The highest BCUT2D eigenvalue weighted by Gasteiger charge is 2.33. The number of sulfonamides is 1. The highest BCUT2D eigenvalue weighted by Crippen LogP contribution is 2.39. The van der Waals surface area contributed by atoms with Crippen molar-refractivity contribution in [3.63, 3.8) is 0 Å². The van der Waals surface area contributed by atoms with E-state index in [2.05, 4.69) is 5.32 Å². The maximum absolute atomic E-state index is 13.0. The van der Waals surface area contributed by atoms with Gasteiger partial charge >= 0.3 is 0 Å². The van der Waals surface area contributed by atoms with Crippen LogP contribution in [0.2, 0.25) is 5.02 Å². The topological polar surface area (TPSA) is 86.8 Å². The fraction of sp³-hybridized carbons (Fsp3) is 0.310. The minimum Gasteiger partial charge on any atom is -0.322 e. The van der Waals surface area contributed by atoms with Gasteiger partial charge in [0, 0.05) is 35.9 Å². The summed E-state index contributed by atoms with van der Waals surface area (Å²) in [6.07, 6.45) is 3.86. The van der Waals surface area contributed by atoms with Gasteiger partial charge in [0.2, 0.25) is 15.9 Å². The molecule has 2 aliphatic rings. The molecule has 0 bridgehead atoms. The smallest absolute Gasteiger partial charge is 0.255 e. The fourth-order valence-electron chi connectivity index (χ4n) is 4.83. The molecule has 2 saturated heterocycles. The molecule has 2 fully saturated rings. The molecule has 0 unspecified atom stereocenters. The molecule has 3 aromatic rings. The Hall–Kier alpha value is -2.85. The number of carbonyl (C=O) groups excluding carboxylic acids is 2. The van der Waals surface area contributed by atoms with Crippen LogP contribution in [0, 0.1) is 0 Å². The molecule has 10 heteroatoms. The van der Waals surface area contributed by atoms with Crippen LogP contribution in [0.1, 0.15) is 52.5 Å². The third-order valence-electron chi connectivity index (χ3n) is 7.01. The lowest BCUT2D eigenvalue weighted by atomic mass is 10.1. The zero-order valence-corrected chi connectivity index (χ0v) is 23.8. The Labute approximate surface area is 238 Å². The maximum atomic E-state index is 13.0. The molecular weight excluding hydrogens is 554 g/mol. The number of carbonyl (C=O) groups is 2. The standard InChI is InChI=1S/C29H30ClN3O4S2/c30-24-11-5-21(6-12-24)19-33-27(34)20-38-29(33)23-9-7-22(8-10-23)28(35)31-25-13-15-26(16-14-25)39(36,37)32-17-3-1-2-4-18-32/h5-16,29H,1-4,17-20H2,(H,31,35)/t29-/m0/s1. The van der Waals surface area contributed by atoms with E-state index in [9.17, 15) is 18.0 Å². The molecule has 3 aromatic carbocycles. The van der Waals surface area contributed by atoms with Crippen LogP contribution >= 0.6 is 23.4 Å². The van der Waals surface area contributed by atoms with Gasteiger partial charge in [-0.15, -0.1) is 11.8 Å². The lowest BCUT2D eigenvalue weighted by Gasteiger charge is -2.24. The Balaban J connectivity index is 1.23. The number of rotatable bonds is 7. The molecule has 2 aliphatic heterocycles. The summed E-state index contributed by atoms with van der Waals surface area (Å²) in [6.45, 7) is 1.58. The van der Waals surface area contributed by atoms with Gasteiger partial charge < -0.3 is 10.2 Å². The maximum Gasteiger partial charge on any atom is 0.255 e. The normalized spacial score (nSPS) is 18.6. The molecular formula is C29H30ClN3O4S2. The molecule has 0 saturated carbocycles. The van der Waals surface area contributed by atoms with Crippen LogP contribution < -0.4 is 5.32 Å². The zero-order chi connectivity index (χ0) is 27.4. The van der Waals surface area contributed by atoms with Crippen molar-refractivity contribution in [2.45, 2.75) is 42.5 Å². The summed E-state index contributed by atoms with van der Waals surface area (Å²) in [4.78, 5) is 27.5. The summed E-state index contributed by atoms with van der Waals surface area (Å²) < 4.78 is 27.6. The van der Waals surface area contributed by atoms with Crippen LogP contribution in [0.15, 0.2) is 77.7 Å². The molecule has 0 aromatic heterocycles. The van der Waals surface area contributed by atoms with Crippen molar-refractivity contribution in [1.82, 2.24) is 9.21 Å². The third-order valence-corrected chi connectivity index (χ3v) is 10.4. The zero-order valence-electron chi connectivity index (χ0n) is 21.4. The van der Waals surface area contributed by atoms with Crippen molar-refractivity contribution in [2.75, 3.05) is 24.2 Å². The lowest BCUT2D eigenvalue weighted by molar-refractivity contribution is -0.128. The van der Waals surface area contributed by atoms with Crippen LogP contribution in [-0.2, 0) is 21.4 Å².